The topological polar surface area (TPSA) is 38.0 Å². The molecule has 3 heteroatoms. The smallest absolute Gasteiger partial charge is 0.141 e. The van der Waals surface area contributed by atoms with Gasteiger partial charge in [0.15, 0.2) is 0 Å². The Kier molecular flexibility index (Phi) is 2.75. The minimum absolute atomic E-state index is 0.264. The highest BCUT2D eigenvalue weighted by molar-refractivity contribution is 5.81. The number of para-hydroxylation sites is 2. The molecule has 1 aromatic heterocycles. The van der Waals surface area contributed by atoms with E-state index in [1.807, 2.05) is 30.3 Å². The lowest BCUT2D eigenvalue weighted by atomic mass is 10.2. The molecule has 0 spiro atoms. The molecule has 0 aliphatic carbocycles. The van der Waals surface area contributed by atoms with Gasteiger partial charge < -0.3 is 9.67 Å². The van der Waals surface area contributed by atoms with Crippen molar-refractivity contribution in [1.82, 2.24) is 9.55 Å². The second kappa shape index (κ2) is 4.43. The van der Waals surface area contributed by atoms with Crippen molar-refractivity contribution in [2.45, 2.75) is 19.9 Å². The van der Waals surface area contributed by atoms with E-state index in [0.29, 0.717) is 6.04 Å². The fourth-order valence-electron chi connectivity index (χ4n) is 2.42. The van der Waals surface area contributed by atoms with E-state index >= 15 is 0 Å². The number of phenolic OH excluding ortho intramolecular Hbond substituents is 1. The van der Waals surface area contributed by atoms with Crippen LogP contribution < -0.4 is 0 Å². The van der Waals surface area contributed by atoms with Crippen molar-refractivity contribution in [3.63, 3.8) is 0 Å². The second-order valence-corrected chi connectivity index (χ2v) is 4.94. The van der Waals surface area contributed by atoms with Gasteiger partial charge >= 0.3 is 0 Å². The van der Waals surface area contributed by atoms with Crippen molar-refractivity contribution >= 4 is 11.0 Å². The molecule has 1 N–H and O–H groups in total. The maximum absolute atomic E-state index is 9.64. The molecule has 0 atom stereocenters. The second-order valence-electron chi connectivity index (χ2n) is 4.94. The van der Waals surface area contributed by atoms with Crippen molar-refractivity contribution < 1.29 is 5.11 Å². The van der Waals surface area contributed by atoms with Crippen molar-refractivity contribution in [1.29, 1.82) is 0 Å². The van der Waals surface area contributed by atoms with Crippen LogP contribution in [0.5, 0.6) is 5.75 Å². The normalized spacial score (nSPS) is 11.3. The molecule has 0 bridgehead atoms. The first-order valence-electron chi connectivity index (χ1n) is 6.43. The Morgan fingerprint density at radius 3 is 2.58 bits per heavy atom. The lowest BCUT2D eigenvalue weighted by Crippen LogP contribution is -2.02. The molecule has 0 amide bonds. The van der Waals surface area contributed by atoms with Gasteiger partial charge in [0.1, 0.15) is 11.6 Å². The summed E-state index contributed by atoms with van der Waals surface area (Å²) in [5, 5.41) is 9.64. The van der Waals surface area contributed by atoms with E-state index in [4.69, 9.17) is 4.98 Å². The van der Waals surface area contributed by atoms with E-state index in [1.54, 1.807) is 12.1 Å². The van der Waals surface area contributed by atoms with Crippen LogP contribution in [0.3, 0.4) is 0 Å². The molecule has 1 heterocycles. The average Bonchev–Trinajstić information content (AvgIpc) is 2.78. The summed E-state index contributed by atoms with van der Waals surface area (Å²) in [6, 6.07) is 15.7. The number of hydrogen-bond acceptors (Lipinski definition) is 2. The number of aromatic hydroxyl groups is 1. The zero-order valence-corrected chi connectivity index (χ0v) is 11.0. The molecule has 0 aliphatic heterocycles. The van der Waals surface area contributed by atoms with Crippen molar-refractivity contribution in [3.8, 4) is 17.1 Å². The van der Waals surface area contributed by atoms with Crippen LogP contribution in [0.25, 0.3) is 22.4 Å². The van der Waals surface area contributed by atoms with Crippen LogP contribution >= 0.6 is 0 Å². The van der Waals surface area contributed by atoms with Crippen LogP contribution in [0, 0.1) is 0 Å². The van der Waals surface area contributed by atoms with Crippen LogP contribution in [0.1, 0.15) is 19.9 Å². The van der Waals surface area contributed by atoms with Gasteiger partial charge in [0.25, 0.3) is 0 Å². The standard InChI is InChI=1S/C16H16N2O/c1-11(2)18-15-9-4-3-8-14(15)17-16(18)12-6-5-7-13(19)10-12/h3-11,19H,1-2H3. The Labute approximate surface area is 112 Å². The van der Waals surface area contributed by atoms with E-state index in [9.17, 15) is 5.11 Å². The number of hydrogen-bond donors (Lipinski definition) is 1. The van der Waals surface area contributed by atoms with E-state index < -0.39 is 0 Å². The fourth-order valence-corrected chi connectivity index (χ4v) is 2.42. The molecule has 0 saturated heterocycles. The minimum atomic E-state index is 0.264. The van der Waals surface area contributed by atoms with Gasteiger partial charge in [0.2, 0.25) is 0 Å². The predicted octanol–water partition coefficient (Wildman–Crippen LogP) is 3.99. The number of fused-ring (bicyclic) bond motifs is 1. The summed E-state index contributed by atoms with van der Waals surface area (Å²) in [6.45, 7) is 4.28. The van der Waals surface area contributed by atoms with Gasteiger partial charge in [-0.1, -0.05) is 24.3 Å². The Bertz CT molecular complexity index is 728. The lowest BCUT2D eigenvalue weighted by Gasteiger charge is -2.13. The van der Waals surface area contributed by atoms with Gasteiger partial charge in [-0.25, -0.2) is 4.98 Å². The Balaban J connectivity index is 2.31. The SMILES string of the molecule is CC(C)n1c(-c2cccc(O)c2)nc2ccccc21. The van der Waals surface area contributed by atoms with Gasteiger partial charge in [0, 0.05) is 11.6 Å². The maximum Gasteiger partial charge on any atom is 0.141 e. The number of rotatable bonds is 2. The van der Waals surface area contributed by atoms with Crippen LogP contribution in [0.4, 0.5) is 0 Å². The molecule has 96 valence electrons. The number of aromatic nitrogens is 2. The quantitative estimate of drug-likeness (QED) is 0.748. The van der Waals surface area contributed by atoms with Gasteiger partial charge in [-0.15, -0.1) is 0 Å². The Morgan fingerprint density at radius 1 is 1.05 bits per heavy atom. The van der Waals surface area contributed by atoms with Gasteiger partial charge in [0.05, 0.1) is 11.0 Å². The molecule has 3 nitrogen and oxygen atoms in total. The minimum Gasteiger partial charge on any atom is -0.508 e. The van der Waals surface area contributed by atoms with Crippen molar-refractivity contribution in [2.24, 2.45) is 0 Å². The third-order valence-corrected chi connectivity index (χ3v) is 3.22. The summed E-state index contributed by atoms with van der Waals surface area (Å²) in [6.07, 6.45) is 0. The molecular weight excluding hydrogens is 236 g/mol. The first-order valence-corrected chi connectivity index (χ1v) is 6.43. The largest absolute Gasteiger partial charge is 0.508 e. The lowest BCUT2D eigenvalue weighted by molar-refractivity contribution is 0.475. The summed E-state index contributed by atoms with van der Waals surface area (Å²) in [5.41, 5.74) is 3.04. The average molecular weight is 252 g/mol. The first-order chi connectivity index (χ1) is 9.16. The molecule has 0 unspecified atom stereocenters. The van der Waals surface area contributed by atoms with Gasteiger partial charge in [-0.05, 0) is 38.1 Å². The monoisotopic (exact) mass is 252 g/mol. The van der Waals surface area contributed by atoms with E-state index in [2.05, 4.69) is 24.5 Å². The summed E-state index contributed by atoms with van der Waals surface area (Å²) >= 11 is 0. The first kappa shape index (κ1) is 11.8. The van der Waals surface area contributed by atoms with Crippen LogP contribution in [-0.2, 0) is 0 Å². The molecule has 0 saturated carbocycles. The molecule has 2 aromatic carbocycles. The van der Waals surface area contributed by atoms with Crippen LogP contribution in [0.2, 0.25) is 0 Å². The Morgan fingerprint density at radius 2 is 1.84 bits per heavy atom. The fraction of sp³-hybridized carbons (Fsp3) is 0.188. The van der Waals surface area contributed by atoms with E-state index in [-0.39, 0.29) is 5.75 Å². The number of nitrogens with zero attached hydrogens (tertiary/aromatic N) is 2. The molecular formula is C16H16N2O. The molecule has 3 aromatic rings. The molecule has 0 radical (unpaired) electrons. The van der Waals surface area contributed by atoms with Crippen molar-refractivity contribution in [3.05, 3.63) is 48.5 Å². The summed E-state index contributed by atoms with van der Waals surface area (Å²) < 4.78 is 2.20. The van der Waals surface area contributed by atoms with Crippen LogP contribution in [0.15, 0.2) is 48.5 Å². The van der Waals surface area contributed by atoms with Gasteiger partial charge in [-0.3, -0.25) is 0 Å². The zero-order chi connectivity index (χ0) is 13.4. The van der Waals surface area contributed by atoms with Crippen molar-refractivity contribution in [2.75, 3.05) is 0 Å². The summed E-state index contributed by atoms with van der Waals surface area (Å²) in [4.78, 5) is 4.70. The number of benzene rings is 2. The highest BCUT2D eigenvalue weighted by Crippen LogP contribution is 2.29. The highest BCUT2D eigenvalue weighted by Gasteiger charge is 2.14. The summed E-state index contributed by atoms with van der Waals surface area (Å²) in [7, 11) is 0. The highest BCUT2D eigenvalue weighted by atomic mass is 16.3. The third kappa shape index (κ3) is 1.97. The zero-order valence-electron chi connectivity index (χ0n) is 11.0. The third-order valence-electron chi connectivity index (χ3n) is 3.22. The van der Waals surface area contributed by atoms with E-state index in [1.165, 1.54) is 0 Å². The number of imidazole rings is 1. The maximum atomic E-state index is 9.64. The molecule has 0 fully saturated rings. The van der Waals surface area contributed by atoms with Gasteiger partial charge in [-0.2, -0.15) is 0 Å². The Hall–Kier alpha value is -2.29. The van der Waals surface area contributed by atoms with Crippen LogP contribution in [-0.4, -0.2) is 14.7 Å². The molecule has 3 rings (SSSR count). The molecule has 19 heavy (non-hydrogen) atoms. The number of phenols is 1. The predicted molar refractivity (Wildman–Crippen MR) is 77.2 cm³/mol. The van der Waals surface area contributed by atoms with E-state index in [0.717, 1.165) is 22.4 Å². The molecule has 0 aliphatic rings. The summed E-state index contributed by atoms with van der Waals surface area (Å²) in [5.74, 6) is 1.16.